The highest BCUT2D eigenvalue weighted by Gasteiger charge is 2.20. The first-order valence-corrected chi connectivity index (χ1v) is 7.95. The van der Waals surface area contributed by atoms with Crippen LogP contribution in [0.3, 0.4) is 0 Å². The zero-order valence-corrected chi connectivity index (χ0v) is 14.2. The van der Waals surface area contributed by atoms with E-state index in [4.69, 9.17) is 0 Å². The molecule has 0 saturated carbocycles. The Hall–Kier alpha value is -1.26. The third kappa shape index (κ3) is 3.69. The highest BCUT2D eigenvalue weighted by molar-refractivity contribution is 9.10. The van der Waals surface area contributed by atoms with E-state index in [1.807, 2.05) is 38.1 Å². The van der Waals surface area contributed by atoms with E-state index in [9.17, 15) is 4.39 Å². The van der Waals surface area contributed by atoms with Gasteiger partial charge in [-0.1, -0.05) is 25.1 Å². The van der Waals surface area contributed by atoms with Gasteiger partial charge in [-0.25, -0.2) is 4.39 Å². The predicted molar refractivity (Wildman–Crippen MR) is 87.9 cm³/mol. The summed E-state index contributed by atoms with van der Waals surface area (Å²) < 4.78 is 15.0. The molecule has 1 N–H and O–H groups in total. The number of aryl methyl sites for hydroxylation is 2. The maximum Gasteiger partial charge on any atom is 0.142 e. The molecule has 1 unspecified atom stereocenters. The first-order chi connectivity index (χ1) is 10.0. The van der Waals surface area contributed by atoms with Crippen LogP contribution in [0.4, 0.5) is 4.39 Å². The zero-order valence-electron chi connectivity index (χ0n) is 12.6. The zero-order chi connectivity index (χ0) is 15.4. The maximum atomic E-state index is 14.5. The molecule has 2 nitrogen and oxygen atoms in total. The van der Waals surface area contributed by atoms with Gasteiger partial charge in [0.1, 0.15) is 5.82 Å². The molecule has 0 aliphatic rings. The topological polar surface area (TPSA) is 24.9 Å². The summed E-state index contributed by atoms with van der Waals surface area (Å²) in [5.74, 6) is -0.217. The van der Waals surface area contributed by atoms with Crippen LogP contribution in [0.5, 0.6) is 0 Å². The molecule has 1 aromatic heterocycles. The van der Waals surface area contributed by atoms with Crippen molar-refractivity contribution in [2.75, 3.05) is 6.54 Å². The van der Waals surface area contributed by atoms with Crippen LogP contribution in [0.2, 0.25) is 0 Å². The molecule has 21 heavy (non-hydrogen) atoms. The van der Waals surface area contributed by atoms with Crippen LogP contribution in [0.25, 0.3) is 0 Å². The van der Waals surface area contributed by atoms with Crippen molar-refractivity contribution in [1.82, 2.24) is 10.3 Å². The predicted octanol–water partition coefficient (Wildman–Crippen LogP) is 4.69. The Labute approximate surface area is 133 Å². The van der Waals surface area contributed by atoms with Gasteiger partial charge in [0.05, 0.1) is 10.5 Å². The van der Waals surface area contributed by atoms with Gasteiger partial charge in [0.15, 0.2) is 0 Å². The second-order valence-electron chi connectivity index (χ2n) is 5.16. The van der Waals surface area contributed by atoms with Gasteiger partial charge in [0, 0.05) is 17.0 Å². The van der Waals surface area contributed by atoms with Gasteiger partial charge in [-0.05, 0) is 60.4 Å². The second kappa shape index (κ2) is 7.14. The molecule has 0 spiro atoms. The van der Waals surface area contributed by atoms with E-state index in [0.717, 1.165) is 29.9 Å². The van der Waals surface area contributed by atoms with Crippen LogP contribution < -0.4 is 5.32 Å². The molecule has 0 amide bonds. The lowest BCUT2D eigenvalue weighted by molar-refractivity contribution is 0.541. The fourth-order valence-electron chi connectivity index (χ4n) is 2.42. The third-order valence-electron chi connectivity index (χ3n) is 3.47. The Morgan fingerprint density at radius 3 is 2.62 bits per heavy atom. The number of nitrogens with zero attached hydrogens (tertiary/aromatic N) is 1. The molecule has 2 rings (SSSR count). The van der Waals surface area contributed by atoms with Crippen molar-refractivity contribution < 1.29 is 4.39 Å². The lowest BCUT2D eigenvalue weighted by Crippen LogP contribution is -2.25. The van der Waals surface area contributed by atoms with E-state index >= 15 is 0 Å². The molecule has 0 radical (unpaired) electrons. The quantitative estimate of drug-likeness (QED) is 0.845. The van der Waals surface area contributed by atoms with Crippen molar-refractivity contribution >= 4 is 15.9 Å². The number of nitrogens with one attached hydrogen (secondary N) is 1. The smallest absolute Gasteiger partial charge is 0.142 e. The van der Waals surface area contributed by atoms with E-state index in [2.05, 4.69) is 33.2 Å². The lowest BCUT2D eigenvalue weighted by atomic mass is 9.96. The molecule has 2 aromatic rings. The number of pyridine rings is 1. The Kier molecular flexibility index (Phi) is 5.48. The van der Waals surface area contributed by atoms with Gasteiger partial charge >= 0.3 is 0 Å². The Balaban J connectivity index is 2.49. The van der Waals surface area contributed by atoms with Crippen LogP contribution in [-0.4, -0.2) is 11.5 Å². The largest absolute Gasteiger partial charge is 0.306 e. The monoisotopic (exact) mass is 350 g/mol. The van der Waals surface area contributed by atoms with Crippen LogP contribution >= 0.6 is 15.9 Å². The van der Waals surface area contributed by atoms with Gasteiger partial charge < -0.3 is 5.32 Å². The maximum absolute atomic E-state index is 14.5. The van der Waals surface area contributed by atoms with Gasteiger partial charge in [-0.3, -0.25) is 4.98 Å². The van der Waals surface area contributed by atoms with Crippen molar-refractivity contribution in [3.63, 3.8) is 0 Å². The fraction of sp³-hybridized carbons (Fsp3) is 0.353. The van der Waals surface area contributed by atoms with Crippen molar-refractivity contribution in [2.45, 2.75) is 33.2 Å². The Morgan fingerprint density at radius 2 is 1.95 bits per heavy atom. The molecule has 112 valence electrons. The first-order valence-electron chi connectivity index (χ1n) is 7.16. The summed E-state index contributed by atoms with van der Waals surface area (Å²) in [7, 11) is 0. The fourth-order valence-corrected chi connectivity index (χ4v) is 2.80. The van der Waals surface area contributed by atoms with E-state index in [-0.39, 0.29) is 11.9 Å². The van der Waals surface area contributed by atoms with Crippen LogP contribution in [0.1, 0.15) is 41.9 Å². The summed E-state index contributed by atoms with van der Waals surface area (Å²) in [6.07, 6.45) is 0.991. The van der Waals surface area contributed by atoms with Crippen molar-refractivity contribution in [1.29, 1.82) is 0 Å². The third-order valence-corrected chi connectivity index (χ3v) is 4.08. The van der Waals surface area contributed by atoms with Crippen molar-refractivity contribution in [2.24, 2.45) is 0 Å². The van der Waals surface area contributed by atoms with Crippen LogP contribution in [0, 0.1) is 19.7 Å². The number of hydrogen-bond acceptors (Lipinski definition) is 2. The first kappa shape index (κ1) is 16.1. The second-order valence-corrected chi connectivity index (χ2v) is 6.01. The average Bonchev–Trinajstić information content (AvgIpc) is 2.45. The number of halogens is 2. The molecule has 0 fully saturated rings. The molecule has 1 heterocycles. The van der Waals surface area contributed by atoms with Crippen molar-refractivity contribution in [3.8, 4) is 0 Å². The number of rotatable bonds is 5. The van der Waals surface area contributed by atoms with Gasteiger partial charge in [-0.15, -0.1) is 0 Å². The molecular weight excluding hydrogens is 331 g/mol. The van der Waals surface area contributed by atoms with Crippen molar-refractivity contribution in [3.05, 3.63) is 63.1 Å². The van der Waals surface area contributed by atoms with Gasteiger partial charge in [-0.2, -0.15) is 0 Å². The summed E-state index contributed by atoms with van der Waals surface area (Å²) in [6, 6.07) is 9.22. The summed E-state index contributed by atoms with van der Waals surface area (Å²) in [6.45, 7) is 6.86. The van der Waals surface area contributed by atoms with E-state index < -0.39 is 0 Å². The molecule has 0 saturated heterocycles. The summed E-state index contributed by atoms with van der Waals surface area (Å²) in [4.78, 5) is 4.51. The Bertz CT molecular complexity index is 628. The minimum Gasteiger partial charge on any atom is -0.306 e. The van der Waals surface area contributed by atoms with E-state index in [1.165, 1.54) is 0 Å². The Morgan fingerprint density at radius 1 is 1.19 bits per heavy atom. The standard InChI is InChI=1S/C17H20BrFN2/c1-4-10-20-17(13-9-8-11(2)21-12(13)3)14-6-5-7-15(18)16(14)19/h5-9,17,20H,4,10H2,1-3H3. The van der Waals surface area contributed by atoms with E-state index in [1.54, 1.807) is 6.07 Å². The van der Waals surface area contributed by atoms with Crippen LogP contribution in [0.15, 0.2) is 34.8 Å². The van der Waals surface area contributed by atoms with Gasteiger partial charge in [0.2, 0.25) is 0 Å². The molecule has 4 heteroatoms. The average molecular weight is 351 g/mol. The normalized spacial score (nSPS) is 12.4. The summed E-state index contributed by atoms with van der Waals surface area (Å²) >= 11 is 3.27. The number of hydrogen-bond donors (Lipinski definition) is 1. The molecule has 1 atom stereocenters. The van der Waals surface area contributed by atoms with E-state index in [0.29, 0.717) is 10.0 Å². The molecular formula is C17H20BrFN2. The highest BCUT2D eigenvalue weighted by Crippen LogP contribution is 2.29. The SMILES string of the molecule is CCCNC(c1ccc(C)nc1C)c1cccc(Br)c1F. The molecule has 0 bridgehead atoms. The molecule has 0 aliphatic carbocycles. The summed E-state index contributed by atoms with van der Waals surface area (Å²) in [5.41, 5.74) is 3.57. The van der Waals surface area contributed by atoms with Gasteiger partial charge in [0.25, 0.3) is 0 Å². The molecule has 0 aliphatic heterocycles. The summed E-state index contributed by atoms with van der Waals surface area (Å²) in [5, 5.41) is 3.43. The van der Waals surface area contributed by atoms with Crippen LogP contribution in [-0.2, 0) is 0 Å². The minimum atomic E-state index is -0.217. The highest BCUT2D eigenvalue weighted by atomic mass is 79.9. The molecule has 1 aromatic carbocycles. The number of benzene rings is 1. The minimum absolute atomic E-state index is 0.185. The lowest BCUT2D eigenvalue weighted by Gasteiger charge is -2.22. The number of aromatic nitrogens is 1.